The number of carbonyl (C=O) groups is 2. The summed E-state index contributed by atoms with van der Waals surface area (Å²) in [6, 6.07) is 0. The van der Waals surface area contributed by atoms with Crippen LogP contribution in [0.3, 0.4) is 0 Å². The van der Waals surface area contributed by atoms with Gasteiger partial charge in [0.1, 0.15) is 0 Å². The van der Waals surface area contributed by atoms with E-state index >= 15 is 0 Å². The number of fused-ring (bicyclic) bond motifs is 1. The molecule has 0 aromatic rings. The number of amides is 2. The van der Waals surface area contributed by atoms with E-state index in [1.807, 2.05) is 0 Å². The van der Waals surface area contributed by atoms with Gasteiger partial charge in [0.25, 0.3) is 0 Å². The van der Waals surface area contributed by atoms with Gasteiger partial charge in [-0.25, -0.2) is 4.79 Å². The second kappa shape index (κ2) is 2.12. The van der Waals surface area contributed by atoms with Gasteiger partial charge >= 0.3 is 6.09 Å². The van der Waals surface area contributed by atoms with Gasteiger partial charge in [0.05, 0.1) is 0 Å². The molecule has 0 radical (unpaired) electrons. The summed E-state index contributed by atoms with van der Waals surface area (Å²) in [7, 11) is 0. The van der Waals surface area contributed by atoms with E-state index in [0.717, 1.165) is 0 Å². The maximum absolute atomic E-state index is 10.7. The lowest BCUT2D eigenvalue weighted by Gasteiger charge is -2.14. The van der Waals surface area contributed by atoms with Crippen molar-refractivity contribution in [2.24, 2.45) is 23.5 Å². The number of nitrogens with zero attached hydrogens (tertiary/aromatic N) is 1. The molecule has 0 aromatic heterocycles. The maximum Gasteiger partial charge on any atom is 0.407 e. The summed E-state index contributed by atoms with van der Waals surface area (Å²) >= 11 is 0. The molecule has 3 N–H and O–H groups in total. The maximum atomic E-state index is 10.7. The fourth-order valence-corrected chi connectivity index (χ4v) is 2.10. The summed E-state index contributed by atoms with van der Waals surface area (Å²) in [6.07, 6.45) is -0.898. The van der Waals surface area contributed by atoms with E-state index in [4.69, 9.17) is 10.8 Å². The molecule has 1 heterocycles. The Morgan fingerprint density at radius 3 is 2.17 bits per heavy atom. The Kier molecular flexibility index (Phi) is 1.31. The summed E-state index contributed by atoms with van der Waals surface area (Å²) in [4.78, 5) is 22.5. The molecule has 0 bridgehead atoms. The number of carboxylic acid groups (broad SMARTS) is 1. The van der Waals surface area contributed by atoms with Crippen LogP contribution in [0.1, 0.15) is 0 Å². The minimum absolute atomic E-state index is 0.0550. The molecule has 3 atom stereocenters. The molecule has 12 heavy (non-hydrogen) atoms. The van der Waals surface area contributed by atoms with Crippen LogP contribution >= 0.6 is 0 Å². The molecule has 66 valence electrons. The van der Waals surface area contributed by atoms with Gasteiger partial charge in [0, 0.05) is 19.0 Å². The van der Waals surface area contributed by atoms with Crippen LogP contribution in [0.15, 0.2) is 0 Å². The lowest BCUT2D eigenvalue weighted by atomic mass is 10.2. The van der Waals surface area contributed by atoms with Crippen molar-refractivity contribution in [3.05, 3.63) is 0 Å². The Morgan fingerprint density at radius 1 is 1.33 bits per heavy atom. The number of primary amides is 1. The number of carbonyl (C=O) groups excluding carboxylic acids is 1. The van der Waals surface area contributed by atoms with Gasteiger partial charge in [0.2, 0.25) is 5.91 Å². The third-order valence-electron chi connectivity index (χ3n) is 2.79. The van der Waals surface area contributed by atoms with Crippen LogP contribution in [-0.4, -0.2) is 35.1 Å². The molecule has 0 unspecified atom stereocenters. The minimum atomic E-state index is -0.898. The second-order valence-corrected chi connectivity index (χ2v) is 3.44. The van der Waals surface area contributed by atoms with Crippen molar-refractivity contribution in [1.29, 1.82) is 0 Å². The van der Waals surface area contributed by atoms with Crippen molar-refractivity contribution in [2.45, 2.75) is 0 Å². The fourth-order valence-electron chi connectivity index (χ4n) is 2.10. The average Bonchev–Trinajstić information content (AvgIpc) is 2.48. The first-order valence-corrected chi connectivity index (χ1v) is 3.88. The first-order chi connectivity index (χ1) is 5.61. The third kappa shape index (κ3) is 0.855. The van der Waals surface area contributed by atoms with Gasteiger partial charge in [-0.05, 0) is 11.8 Å². The zero-order valence-corrected chi connectivity index (χ0v) is 6.43. The van der Waals surface area contributed by atoms with Crippen LogP contribution in [0, 0.1) is 17.8 Å². The molecule has 2 aliphatic rings. The molecular weight excluding hydrogens is 160 g/mol. The standard InChI is InChI=1S/C7H10N2O3/c8-6(10)5-3-1-9(7(11)12)2-4(3)5/h3-5H,1-2H2,(H2,8,10)(H,11,12)/t3-,4+,5+. The molecule has 5 heteroatoms. The van der Waals surface area contributed by atoms with Crippen molar-refractivity contribution in [3.8, 4) is 0 Å². The summed E-state index contributed by atoms with van der Waals surface area (Å²) < 4.78 is 0. The topological polar surface area (TPSA) is 83.6 Å². The van der Waals surface area contributed by atoms with Gasteiger partial charge in [-0.3, -0.25) is 4.79 Å². The molecule has 1 saturated carbocycles. The minimum Gasteiger partial charge on any atom is -0.465 e. The quantitative estimate of drug-likeness (QED) is 0.547. The predicted molar refractivity (Wildman–Crippen MR) is 39.3 cm³/mol. The monoisotopic (exact) mass is 170 g/mol. The Hall–Kier alpha value is -1.26. The van der Waals surface area contributed by atoms with Gasteiger partial charge in [-0.1, -0.05) is 0 Å². The Balaban J connectivity index is 1.94. The average molecular weight is 170 g/mol. The molecule has 5 nitrogen and oxygen atoms in total. The lowest BCUT2D eigenvalue weighted by molar-refractivity contribution is -0.120. The van der Waals surface area contributed by atoms with Crippen LogP contribution in [-0.2, 0) is 4.79 Å². The van der Waals surface area contributed by atoms with Crippen molar-refractivity contribution in [2.75, 3.05) is 13.1 Å². The largest absolute Gasteiger partial charge is 0.465 e. The molecule has 1 aliphatic heterocycles. The van der Waals surface area contributed by atoms with E-state index in [9.17, 15) is 9.59 Å². The highest BCUT2D eigenvalue weighted by Crippen LogP contribution is 2.51. The molecular formula is C7H10N2O3. The number of nitrogens with two attached hydrogens (primary N) is 1. The fraction of sp³-hybridized carbons (Fsp3) is 0.714. The molecule has 2 amide bonds. The summed E-state index contributed by atoms with van der Waals surface area (Å²) in [5.74, 6) is 0.0767. The molecule has 2 fully saturated rings. The highest BCUT2D eigenvalue weighted by Gasteiger charge is 2.59. The van der Waals surface area contributed by atoms with E-state index in [2.05, 4.69) is 0 Å². The molecule has 1 aliphatic carbocycles. The molecule has 2 rings (SSSR count). The zero-order chi connectivity index (χ0) is 8.88. The number of hydrogen-bond donors (Lipinski definition) is 2. The molecule has 0 spiro atoms. The second-order valence-electron chi connectivity index (χ2n) is 3.44. The first-order valence-electron chi connectivity index (χ1n) is 3.88. The van der Waals surface area contributed by atoms with Gasteiger partial charge in [0.15, 0.2) is 0 Å². The Morgan fingerprint density at radius 2 is 1.83 bits per heavy atom. The van der Waals surface area contributed by atoms with E-state index in [1.165, 1.54) is 4.90 Å². The lowest BCUT2D eigenvalue weighted by Crippen LogP contribution is -2.32. The van der Waals surface area contributed by atoms with Crippen LogP contribution in [0.5, 0.6) is 0 Å². The van der Waals surface area contributed by atoms with Crippen LogP contribution < -0.4 is 5.73 Å². The van der Waals surface area contributed by atoms with Crippen LogP contribution in [0.4, 0.5) is 4.79 Å². The SMILES string of the molecule is NC(=O)[C@H]1[C@@H]2CN(C(=O)O)C[C@@H]21. The summed E-state index contributed by atoms with van der Waals surface area (Å²) in [5, 5.41) is 8.59. The Bertz CT molecular complexity index is 229. The van der Waals surface area contributed by atoms with Gasteiger partial charge < -0.3 is 15.7 Å². The number of likely N-dealkylation sites (tertiary alicyclic amines) is 1. The highest BCUT2D eigenvalue weighted by atomic mass is 16.4. The van der Waals surface area contributed by atoms with Crippen molar-refractivity contribution >= 4 is 12.0 Å². The van der Waals surface area contributed by atoms with Crippen molar-refractivity contribution < 1.29 is 14.7 Å². The first kappa shape index (κ1) is 7.39. The van der Waals surface area contributed by atoms with E-state index < -0.39 is 6.09 Å². The van der Waals surface area contributed by atoms with Crippen molar-refractivity contribution in [1.82, 2.24) is 4.90 Å². The smallest absolute Gasteiger partial charge is 0.407 e. The third-order valence-corrected chi connectivity index (χ3v) is 2.79. The van der Waals surface area contributed by atoms with Crippen LogP contribution in [0.25, 0.3) is 0 Å². The van der Waals surface area contributed by atoms with Crippen molar-refractivity contribution in [3.63, 3.8) is 0 Å². The van der Waals surface area contributed by atoms with Crippen LogP contribution in [0.2, 0.25) is 0 Å². The predicted octanol–water partition coefficient (Wildman–Crippen LogP) is -0.673. The normalized spacial score (nSPS) is 37.7. The van der Waals surface area contributed by atoms with E-state index in [1.54, 1.807) is 0 Å². The Labute approximate surface area is 69.1 Å². The molecule has 1 saturated heterocycles. The van der Waals surface area contributed by atoms with E-state index in [-0.39, 0.29) is 23.7 Å². The number of piperidine rings is 1. The summed E-state index contributed by atoms with van der Waals surface area (Å²) in [6.45, 7) is 0.960. The number of rotatable bonds is 1. The molecule has 0 aromatic carbocycles. The summed E-state index contributed by atoms with van der Waals surface area (Å²) in [5.41, 5.74) is 5.10. The van der Waals surface area contributed by atoms with Gasteiger partial charge in [-0.2, -0.15) is 0 Å². The van der Waals surface area contributed by atoms with E-state index in [0.29, 0.717) is 13.1 Å². The number of hydrogen-bond acceptors (Lipinski definition) is 2. The van der Waals surface area contributed by atoms with Gasteiger partial charge in [-0.15, -0.1) is 0 Å². The highest BCUT2D eigenvalue weighted by molar-refractivity contribution is 5.81. The zero-order valence-electron chi connectivity index (χ0n) is 6.43.